The van der Waals surface area contributed by atoms with Crippen molar-refractivity contribution in [2.24, 2.45) is 5.73 Å². The molecule has 0 spiro atoms. The van der Waals surface area contributed by atoms with Gasteiger partial charge in [-0.3, -0.25) is 9.11 Å². The van der Waals surface area contributed by atoms with Gasteiger partial charge in [-0.05, 0) is 42.3 Å². The van der Waals surface area contributed by atoms with Crippen LogP contribution in [0.1, 0.15) is 28.8 Å². The van der Waals surface area contributed by atoms with Crippen LogP contribution in [0.2, 0.25) is 0 Å². The fraction of sp³-hybridized carbons (Fsp3) is 0.143. The number of rotatable bonds is 8. The summed E-state index contributed by atoms with van der Waals surface area (Å²) in [6.45, 7) is 1.76. The van der Waals surface area contributed by atoms with Gasteiger partial charge in [0, 0.05) is 0 Å². The van der Waals surface area contributed by atoms with Gasteiger partial charge in [0.2, 0.25) is 10.0 Å². The van der Waals surface area contributed by atoms with Gasteiger partial charge in [-0.1, -0.05) is 54.1 Å². The molecule has 0 saturated carbocycles. The lowest BCUT2D eigenvalue weighted by Gasteiger charge is -2.28. The standard InChI is InChI=1S/C21H22N2O8S3/c1-14-10-12-15(13-11-14)32(24,25)23-21(17-7-3-5-9-19(17)34(29,30)31)20(22)16-6-2-4-8-18(16)33(26,27)28/h2-13,20-21,23H,22H2,1H3,(H,26,27,28)(H,29,30,31)/t20-,21-/m0/s1. The molecule has 0 saturated heterocycles. The predicted octanol–water partition coefficient (Wildman–Crippen LogP) is 2.21. The highest BCUT2D eigenvalue weighted by molar-refractivity contribution is 7.89. The van der Waals surface area contributed by atoms with Gasteiger partial charge in [-0.15, -0.1) is 0 Å². The van der Waals surface area contributed by atoms with Crippen molar-refractivity contribution in [2.45, 2.75) is 33.7 Å². The SMILES string of the molecule is Cc1ccc(S(=O)(=O)N[C@@H](c2ccccc2S(=O)(=O)O)[C@@H](N)c2ccccc2S(=O)(=O)O)cc1. The number of benzene rings is 3. The molecule has 0 heterocycles. The van der Waals surface area contributed by atoms with E-state index in [1.54, 1.807) is 19.1 Å². The first kappa shape index (κ1) is 26.0. The Morgan fingerprint density at radius 3 is 1.65 bits per heavy atom. The van der Waals surface area contributed by atoms with Crippen molar-refractivity contribution in [1.82, 2.24) is 4.72 Å². The number of nitrogens with one attached hydrogen (secondary N) is 1. The molecule has 0 amide bonds. The smallest absolute Gasteiger partial charge is 0.294 e. The summed E-state index contributed by atoms with van der Waals surface area (Å²) in [5, 5.41) is 0. The minimum Gasteiger partial charge on any atom is -0.322 e. The van der Waals surface area contributed by atoms with Crippen LogP contribution < -0.4 is 10.5 Å². The Labute approximate surface area is 198 Å². The third-order valence-corrected chi connectivity index (χ3v) is 8.37. The molecule has 10 nitrogen and oxygen atoms in total. The fourth-order valence-corrected chi connectivity index (χ4v) is 6.16. The zero-order valence-corrected chi connectivity index (χ0v) is 20.2. The van der Waals surface area contributed by atoms with E-state index in [0.29, 0.717) is 0 Å². The molecule has 0 aliphatic heterocycles. The van der Waals surface area contributed by atoms with Crippen LogP contribution in [0, 0.1) is 6.92 Å². The van der Waals surface area contributed by atoms with Crippen LogP contribution in [0.5, 0.6) is 0 Å². The summed E-state index contributed by atoms with van der Waals surface area (Å²) in [5.74, 6) is 0. The first-order chi connectivity index (χ1) is 15.7. The zero-order chi connectivity index (χ0) is 25.3. The highest BCUT2D eigenvalue weighted by Gasteiger charge is 2.33. The molecule has 0 fully saturated rings. The van der Waals surface area contributed by atoms with Crippen molar-refractivity contribution < 1.29 is 34.4 Å². The van der Waals surface area contributed by atoms with Gasteiger partial charge < -0.3 is 5.73 Å². The van der Waals surface area contributed by atoms with Crippen LogP contribution in [0.25, 0.3) is 0 Å². The average Bonchev–Trinajstić information content (AvgIpc) is 2.76. The van der Waals surface area contributed by atoms with Crippen LogP contribution in [0.15, 0.2) is 87.5 Å². The molecule has 3 rings (SSSR count). The molecule has 0 aromatic heterocycles. The van der Waals surface area contributed by atoms with E-state index in [1.807, 2.05) is 0 Å². The monoisotopic (exact) mass is 526 g/mol. The summed E-state index contributed by atoms with van der Waals surface area (Å²) in [6.07, 6.45) is 0. The van der Waals surface area contributed by atoms with E-state index in [1.165, 1.54) is 48.5 Å². The summed E-state index contributed by atoms with van der Waals surface area (Å²) in [4.78, 5) is -1.35. The van der Waals surface area contributed by atoms with Gasteiger partial charge in [0.05, 0.1) is 26.8 Å². The Morgan fingerprint density at radius 2 is 1.15 bits per heavy atom. The Kier molecular flexibility index (Phi) is 7.28. The summed E-state index contributed by atoms with van der Waals surface area (Å²) in [6, 6.07) is 12.8. The second-order valence-corrected chi connectivity index (χ2v) is 12.0. The van der Waals surface area contributed by atoms with Gasteiger partial charge in [0.15, 0.2) is 0 Å². The maximum atomic E-state index is 13.2. The van der Waals surface area contributed by atoms with E-state index in [4.69, 9.17) is 5.73 Å². The van der Waals surface area contributed by atoms with Crippen molar-refractivity contribution in [3.05, 3.63) is 89.5 Å². The van der Waals surface area contributed by atoms with E-state index in [2.05, 4.69) is 4.72 Å². The van der Waals surface area contributed by atoms with E-state index < -0.39 is 52.1 Å². The summed E-state index contributed by atoms with van der Waals surface area (Å²) >= 11 is 0. The van der Waals surface area contributed by atoms with Gasteiger partial charge in [0.25, 0.3) is 20.2 Å². The lowest BCUT2D eigenvalue weighted by atomic mass is 9.95. The topological polar surface area (TPSA) is 181 Å². The van der Waals surface area contributed by atoms with Crippen molar-refractivity contribution in [1.29, 1.82) is 0 Å². The van der Waals surface area contributed by atoms with Crippen molar-refractivity contribution >= 4 is 30.3 Å². The molecule has 0 radical (unpaired) electrons. The molecule has 3 aromatic rings. The average molecular weight is 527 g/mol. The minimum atomic E-state index is -4.82. The van der Waals surface area contributed by atoms with Crippen LogP contribution in [0.3, 0.4) is 0 Å². The van der Waals surface area contributed by atoms with Gasteiger partial charge in [-0.2, -0.15) is 16.8 Å². The molecular weight excluding hydrogens is 504 g/mol. The van der Waals surface area contributed by atoms with Crippen molar-refractivity contribution in [3.8, 4) is 0 Å². The number of hydrogen-bond donors (Lipinski definition) is 4. The Morgan fingerprint density at radius 1 is 0.706 bits per heavy atom. The van der Waals surface area contributed by atoms with E-state index in [-0.39, 0.29) is 16.0 Å². The van der Waals surface area contributed by atoms with Crippen LogP contribution >= 0.6 is 0 Å². The summed E-state index contributed by atoms with van der Waals surface area (Å²) < 4.78 is 95.9. The van der Waals surface area contributed by atoms with Gasteiger partial charge in [-0.25, -0.2) is 13.1 Å². The first-order valence-corrected chi connectivity index (χ1v) is 14.1. The molecule has 34 heavy (non-hydrogen) atoms. The van der Waals surface area contributed by atoms with Crippen LogP contribution in [0.4, 0.5) is 0 Å². The molecule has 2 atom stereocenters. The predicted molar refractivity (Wildman–Crippen MR) is 124 cm³/mol. The van der Waals surface area contributed by atoms with Gasteiger partial charge >= 0.3 is 0 Å². The number of aryl methyl sites for hydroxylation is 1. The highest BCUT2D eigenvalue weighted by Crippen LogP contribution is 2.35. The molecule has 5 N–H and O–H groups in total. The molecule has 182 valence electrons. The molecule has 0 aliphatic rings. The largest absolute Gasteiger partial charge is 0.322 e. The Bertz CT molecular complexity index is 1520. The third-order valence-electron chi connectivity index (χ3n) is 5.06. The molecule has 13 heteroatoms. The second-order valence-electron chi connectivity index (χ2n) is 7.46. The zero-order valence-electron chi connectivity index (χ0n) is 17.7. The van der Waals surface area contributed by atoms with Crippen LogP contribution in [-0.4, -0.2) is 34.4 Å². The van der Waals surface area contributed by atoms with E-state index >= 15 is 0 Å². The maximum absolute atomic E-state index is 13.2. The number of nitrogens with two attached hydrogens (primary N) is 1. The maximum Gasteiger partial charge on any atom is 0.294 e. The molecular formula is C21H22N2O8S3. The summed E-state index contributed by atoms with van der Waals surface area (Å²) in [7, 11) is -13.9. The van der Waals surface area contributed by atoms with Crippen LogP contribution in [-0.2, 0) is 30.3 Å². The summed E-state index contributed by atoms with van der Waals surface area (Å²) in [5.41, 5.74) is 6.71. The lowest BCUT2D eigenvalue weighted by molar-refractivity contribution is 0.461. The lowest BCUT2D eigenvalue weighted by Crippen LogP contribution is -2.37. The van der Waals surface area contributed by atoms with Crippen molar-refractivity contribution in [3.63, 3.8) is 0 Å². The Hall–Kier alpha value is -2.65. The number of sulfonamides is 1. The first-order valence-electron chi connectivity index (χ1n) is 9.69. The molecule has 0 unspecified atom stereocenters. The quantitative estimate of drug-likeness (QED) is 0.320. The minimum absolute atomic E-state index is 0.150. The van der Waals surface area contributed by atoms with Crippen molar-refractivity contribution in [2.75, 3.05) is 0 Å². The molecule has 0 bridgehead atoms. The Balaban J connectivity index is 2.24. The molecule has 0 aliphatic carbocycles. The fourth-order valence-electron chi connectivity index (χ4n) is 3.43. The van der Waals surface area contributed by atoms with E-state index in [0.717, 1.165) is 17.7 Å². The van der Waals surface area contributed by atoms with Gasteiger partial charge in [0.1, 0.15) is 0 Å². The highest BCUT2D eigenvalue weighted by atomic mass is 32.2. The molecule has 3 aromatic carbocycles. The normalized spacial score (nSPS) is 14.5. The van der Waals surface area contributed by atoms with E-state index in [9.17, 15) is 34.4 Å². The number of hydrogen-bond acceptors (Lipinski definition) is 7. The second kappa shape index (κ2) is 9.54. The third kappa shape index (κ3) is 5.70.